The maximum atomic E-state index is 12.9. The lowest BCUT2D eigenvalue weighted by Gasteiger charge is -2.21. The van der Waals surface area contributed by atoms with E-state index in [1.165, 1.54) is 31.2 Å². The van der Waals surface area contributed by atoms with E-state index < -0.39 is 23.9 Å². The minimum Gasteiger partial charge on any atom is -0.368 e. The van der Waals surface area contributed by atoms with Gasteiger partial charge < -0.3 is 16.4 Å². The van der Waals surface area contributed by atoms with Crippen molar-refractivity contribution in [3.8, 4) is 0 Å². The molecule has 0 saturated carbocycles. The van der Waals surface area contributed by atoms with Crippen LogP contribution in [-0.4, -0.2) is 29.8 Å². The summed E-state index contributed by atoms with van der Waals surface area (Å²) in [7, 11) is 0. The van der Waals surface area contributed by atoms with Gasteiger partial charge >= 0.3 is 0 Å². The molecule has 0 aliphatic carbocycles. The van der Waals surface area contributed by atoms with Crippen molar-refractivity contribution < 1.29 is 18.8 Å². The second-order valence-corrected chi connectivity index (χ2v) is 4.96. The van der Waals surface area contributed by atoms with Gasteiger partial charge in [0.25, 0.3) is 0 Å². The van der Waals surface area contributed by atoms with Crippen LogP contribution in [0.1, 0.15) is 25.8 Å². The molecule has 0 aromatic heterocycles. The summed E-state index contributed by atoms with van der Waals surface area (Å²) in [4.78, 5) is 34.7. The van der Waals surface area contributed by atoms with E-state index in [9.17, 15) is 18.8 Å². The molecule has 0 radical (unpaired) electrons. The van der Waals surface area contributed by atoms with Crippen molar-refractivity contribution in [3.05, 3.63) is 35.6 Å². The Hall–Kier alpha value is -2.44. The van der Waals surface area contributed by atoms with Gasteiger partial charge in [-0.05, 0) is 24.1 Å². The molecular weight excluding hydrogens is 289 g/mol. The first kappa shape index (κ1) is 17.6. The Labute approximate surface area is 128 Å². The summed E-state index contributed by atoms with van der Waals surface area (Å²) < 4.78 is 12.9. The molecule has 1 rings (SSSR count). The Kier molecular flexibility index (Phi) is 6.49. The number of hydrogen-bond donors (Lipinski definition) is 3. The summed E-state index contributed by atoms with van der Waals surface area (Å²) in [5, 5.41) is 5.02. The van der Waals surface area contributed by atoms with Crippen molar-refractivity contribution in [1.82, 2.24) is 10.6 Å². The van der Waals surface area contributed by atoms with Gasteiger partial charge in [-0.15, -0.1) is 0 Å². The molecule has 7 heteroatoms. The molecule has 0 spiro atoms. The summed E-state index contributed by atoms with van der Waals surface area (Å²) in [6.07, 6.45) is 0.533. The molecule has 0 aliphatic rings. The summed E-state index contributed by atoms with van der Waals surface area (Å²) in [6.45, 7) is 3.00. The van der Waals surface area contributed by atoms with Crippen LogP contribution in [0.4, 0.5) is 4.39 Å². The topological polar surface area (TPSA) is 101 Å². The lowest BCUT2D eigenvalue weighted by Crippen LogP contribution is -2.53. The van der Waals surface area contributed by atoms with Gasteiger partial charge in [-0.3, -0.25) is 14.4 Å². The van der Waals surface area contributed by atoms with E-state index in [0.717, 1.165) is 0 Å². The number of halogens is 1. The smallest absolute Gasteiger partial charge is 0.243 e. The molecule has 6 nitrogen and oxygen atoms in total. The number of nitrogens with two attached hydrogens (primary N) is 1. The van der Waals surface area contributed by atoms with Crippen molar-refractivity contribution in [1.29, 1.82) is 0 Å². The fraction of sp³-hybridized carbons (Fsp3) is 0.400. The molecule has 4 N–H and O–H groups in total. The number of amides is 3. The van der Waals surface area contributed by atoms with Crippen LogP contribution in [-0.2, 0) is 20.8 Å². The van der Waals surface area contributed by atoms with Crippen LogP contribution >= 0.6 is 0 Å². The third kappa shape index (κ3) is 5.51. The Morgan fingerprint density at radius 3 is 2.18 bits per heavy atom. The predicted octanol–water partition coefficient (Wildman–Crippen LogP) is 0.253. The van der Waals surface area contributed by atoms with Gasteiger partial charge in [0.1, 0.15) is 17.9 Å². The molecule has 1 aromatic rings. The number of carbonyl (C=O) groups excluding carboxylic acids is 3. The van der Waals surface area contributed by atoms with Crippen molar-refractivity contribution >= 4 is 17.7 Å². The second kappa shape index (κ2) is 8.11. The number of primary amides is 1. The molecule has 0 unspecified atom stereocenters. The minimum atomic E-state index is -0.864. The summed E-state index contributed by atoms with van der Waals surface area (Å²) in [6, 6.07) is 3.95. The third-order valence-electron chi connectivity index (χ3n) is 3.12. The molecule has 0 fully saturated rings. The van der Waals surface area contributed by atoms with Crippen LogP contribution in [0.3, 0.4) is 0 Å². The van der Waals surface area contributed by atoms with E-state index in [4.69, 9.17) is 5.73 Å². The second-order valence-electron chi connectivity index (χ2n) is 4.96. The van der Waals surface area contributed by atoms with Crippen molar-refractivity contribution in [2.75, 3.05) is 0 Å². The maximum Gasteiger partial charge on any atom is 0.243 e. The van der Waals surface area contributed by atoms with E-state index in [2.05, 4.69) is 10.6 Å². The normalized spacial score (nSPS) is 13.0. The molecule has 3 amide bonds. The zero-order valence-corrected chi connectivity index (χ0v) is 12.6. The molecule has 22 heavy (non-hydrogen) atoms. The lowest BCUT2D eigenvalue weighted by atomic mass is 10.0. The van der Waals surface area contributed by atoms with Crippen LogP contribution in [0.5, 0.6) is 0 Å². The lowest BCUT2D eigenvalue weighted by molar-refractivity contribution is -0.130. The van der Waals surface area contributed by atoms with Gasteiger partial charge in [0, 0.05) is 13.3 Å². The van der Waals surface area contributed by atoms with E-state index >= 15 is 0 Å². The predicted molar refractivity (Wildman–Crippen MR) is 79.1 cm³/mol. The SMILES string of the molecule is CC[C@@H](NC(=O)[C@H](Cc1ccc(F)cc1)NC(C)=O)C(N)=O. The Bertz CT molecular complexity index is 545. The summed E-state index contributed by atoms with van der Waals surface area (Å²) >= 11 is 0. The quantitative estimate of drug-likeness (QED) is 0.673. The van der Waals surface area contributed by atoms with Gasteiger partial charge in [0.15, 0.2) is 0 Å². The molecular formula is C15H20FN3O3. The van der Waals surface area contributed by atoms with Gasteiger partial charge in [0.2, 0.25) is 17.7 Å². The van der Waals surface area contributed by atoms with Crippen LogP contribution in [0.25, 0.3) is 0 Å². The highest BCUT2D eigenvalue weighted by molar-refractivity contribution is 5.91. The first-order valence-electron chi connectivity index (χ1n) is 6.94. The van der Waals surface area contributed by atoms with Crippen LogP contribution in [0.2, 0.25) is 0 Å². The highest BCUT2D eigenvalue weighted by Crippen LogP contribution is 2.07. The van der Waals surface area contributed by atoms with Crippen molar-refractivity contribution in [2.24, 2.45) is 5.73 Å². The Balaban J connectivity index is 2.82. The minimum absolute atomic E-state index is 0.181. The van der Waals surface area contributed by atoms with Crippen LogP contribution < -0.4 is 16.4 Å². The molecule has 120 valence electrons. The van der Waals surface area contributed by atoms with E-state index in [1.54, 1.807) is 6.92 Å². The number of hydrogen-bond acceptors (Lipinski definition) is 3. The Morgan fingerprint density at radius 2 is 1.73 bits per heavy atom. The largest absolute Gasteiger partial charge is 0.368 e. The molecule has 1 aromatic carbocycles. The van der Waals surface area contributed by atoms with Crippen LogP contribution in [0.15, 0.2) is 24.3 Å². The number of carbonyl (C=O) groups is 3. The summed E-state index contributed by atoms with van der Waals surface area (Å²) in [5.41, 5.74) is 5.87. The van der Waals surface area contributed by atoms with Gasteiger partial charge in [-0.1, -0.05) is 19.1 Å². The maximum absolute atomic E-state index is 12.9. The Morgan fingerprint density at radius 1 is 1.14 bits per heavy atom. The van der Waals surface area contributed by atoms with E-state index in [1.807, 2.05) is 0 Å². The van der Waals surface area contributed by atoms with E-state index in [-0.39, 0.29) is 18.1 Å². The summed E-state index contributed by atoms with van der Waals surface area (Å²) in [5.74, 6) is -1.91. The molecule has 0 bridgehead atoms. The molecule has 2 atom stereocenters. The van der Waals surface area contributed by atoms with Gasteiger partial charge in [-0.2, -0.15) is 0 Å². The fourth-order valence-corrected chi connectivity index (χ4v) is 1.96. The molecule has 0 heterocycles. The zero-order valence-electron chi connectivity index (χ0n) is 12.6. The first-order valence-corrected chi connectivity index (χ1v) is 6.94. The molecule has 0 saturated heterocycles. The monoisotopic (exact) mass is 309 g/mol. The number of nitrogens with one attached hydrogen (secondary N) is 2. The number of benzene rings is 1. The third-order valence-corrected chi connectivity index (χ3v) is 3.12. The van der Waals surface area contributed by atoms with Gasteiger partial charge in [0.05, 0.1) is 0 Å². The highest BCUT2D eigenvalue weighted by atomic mass is 19.1. The first-order chi connectivity index (χ1) is 10.3. The van der Waals surface area contributed by atoms with Crippen molar-refractivity contribution in [2.45, 2.75) is 38.8 Å². The number of rotatable bonds is 7. The van der Waals surface area contributed by atoms with Crippen molar-refractivity contribution in [3.63, 3.8) is 0 Å². The zero-order chi connectivity index (χ0) is 16.7. The standard InChI is InChI=1S/C15H20FN3O3/c1-3-12(14(17)21)19-15(22)13(18-9(2)20)8-10-4-6-11(16)7-5-10/h4-7,12-13H,3,8H2,1-2H3,(H2,17,21)(H,18,20)(H,19,22)/t12-,13+/m1/s1. The van der Waals surface area contributed by atoms with E-state index in [0.29, 0.717) is 12.0 Å². The fourth-order valence-electron chi connectivity index (χ4n) is 1.96. The molecule has 0 aliphatic heterocycles. The highest BCUT2D eigenvalue weighted by Gasteiger charge is 2.24. The van der Waals surface area contributed by atoms with Gasteiger partial charge in [-0.25, -0.2) is 4.39 Å². The van der Waals surface area contributed by atoms with Crippen LogP contribution in [0, 0.1) is 5.82 Å². The average Bonchev–Trinajstić information content (AvgIpc) is 2.45. The average molecular weight is 309 g/mol.